The van der Waals surface area contributed by atoms with Crippen molar-refractivity contribution < 1.29 is 19.1 Å². The average molecular weight is 250 g/mol. The second kappa shape index (κ2) is 5.29. The molecule has 1 aliphatic rings. The number of carbonyl (C=O) groups excluding carboxylic acids is 1. The second-order valence-corrected chi connectivity index (χ2v) is 4.71. The van der Waals surface area contributed by atoms with Gasteiger partial charge in [0.15, 0.2) is 5.78 Å². The summed E-state index contributed by atoms with van der Waals surface area (Å²) in [4.78, 5) is 23.4. The minimum Gasteiger partial charge on any atom is -0.481 e. The molecule has 0 bridgehead atoms. The summed E-state index contributed by atoms with van der Waals surface area (Å²) in [6.07, 6.45) is 2.88. The Hall–Kier alpha value is -1.71. The molecule has 0 saturated heterocycles. The first-order valence-corrected chi connectivity index (χ1v) is 6.12. The fourth-order valence-electron chi connectivity index (χ4n) is 2.57. The van der Waals surface area contributed by atoms with Gasteiger partial charge in [-0.25, -0.2) is 4.39 Å². The van der Waals surface area contributed by atoms with Crippen molar-refractivity contribution in [3.63, 3.8) is 0 Å². The van der Waals surface area contributed by atoms with Gasteiger partial charge in [-0.1, -0.05) is 12.8 Å². The molecule has 1 aromatic carbocycles. The van der Waals surface area contributed by atoms with Crippen LogP contribution in [0.1, 0.15) is 36.0 Å². The van der Waals surface area contributed by atoms with Crippen LogP contribution in [0.5, 0.6) is 0 Å². The van der Waals surface area contributed by atoms with Crippen LogP contribution in [0.4, 0.5) is 4.39 Å². The Morgan fingerprint density at radius 3 is 2.17 bits per heavy atom. The number of benzene rings is 1. The van der Waals surface area contributed by atoms with Crippen molar-refractivity contribution in [2.45, 2.75) is 25.7 Å². The predicted molar refractivity (Wildman–Crippen MR) is 63.8 cm³/mol. The highest BCUT2D eigenvalue weighted by Crippen LogP contribution is 2.32. The summed E-state index contributed by atoms with van der Waals surface area (Å²) in [5.41, 5.74) is 0.398. The van der Waals surface area contributed by atoms with Crippen molar-refractivity contribution >= 4 is 11.8 Å². The van der Waals surface area contributed by atoms with E-state index in [1.54, 1.807) is 0 Å². The Kier molecular flexibility index (Phi) is 3.75. The van der Waals surface area contributed by atoms with Crippen LogP contribution in [0.3, 0.4) is 0 Å². The molecule has 0 heterocycles. The molecule has 1 aromatic rings. The van der Waals surface area contributed by atoms with Gasteiger partial charge in [-0.15, -0.1) is 0 Å². The topological polar surface area (TPSA) is 54.4 Å². The summed E-state index contributed by atoms with van der Waals surface area (Å²) in [6, 6.07) is 5.30. The van der Waals surface area contributed by atoms with Crippen LogP contribution in [0.15, 0.2) is 24.3 Å². The first kappa shape index (κ1) is 12.7. The molecule has 0 spiro atoms. The zero-order chi connectivity index (χ0) is 13.1. The van der Waals surface area contributed by atoms with E-state index in [-0.39, 0.29) is 5.78 Å². The largest absolute Gasteiger partial charge is 0.481 e. The molecule has 2 rings (SSSR count). The van der Waals surface area contributed by atoms with Crippen molar-refractivity contribution in [2.24, 2.45) is 11.8 Å². The van der Waals surface area contributed by atoms with E-state index in [2.05, 4.69) is 0 Å². The highest BCUT2D eigenvalue weighted by molar-refractivity contribution is 5.99. The highest BCUT2D eigenvalue weighted by Gasteiger charge is 2.35. The minimum absolute atomic E-state index is 0.179. The Morgan fingerprint density at radius 2 is 1.61 bits per heavy atom. The fraction of sp³-hybridized carbons (Fsp3) is 0.429. The monoisotopic (exact) mass is 250 g/mol. The van der Waals surface area contributed by atoms with Gasteiger partial charge in [0.1, 0.15) is 5.82 Å². The van der Waals surface area contributed by atoms with E-state index < -0.39 is 23.6 Å². The van der Waals surface area contributed by atoms with Gasteiger partial charge < -0.3 is 5.11 Å². The molecule has 1 fully saturated rings. The maximum atomic E-state index is 12.8. The first-order valence-electron chi connectivity index (χ1n) is 6.12. The van der Waals surface area contributed by atoms with Gasteiger partial charge in [0, 0.05) is 11.5 Å². The van der Waals surface area contributed by atoms with E-state index in [0.29, 0.717) is 18.4 Å². The van der Waals surface area contributed by atoms with Gasteiger partial charge in [-0.05, 0) is 37.1 Å². The maximum absolute atomic E-state index is 12.8. The molecule has 0 aliphatic heterocycles. The van der Waals surface area contributed by atoms with Gasteiger partial charge >= 0.3 is 5.97 Å². The smallest absolute Gasteiger partial charge is 0.307 e. The molecule has 2 atom stereocenters. The molecule has 3 nitrogen and oxygen atoms in total. The summed E-state index contributed by atoms with van der Waals surface area (Å²) in [6.45, 7) is 0. The van der Waals surface area contributed by atoms with Crippen molar-refractivity contribution in [3.05, 3.63) is 35.6 Å². The summed E-state index contributed by atoms with van der Waals surface area (Å²) in [5.74, 6) is -2.56. The summed E-state index contributed by atoms with van der Waals surface area (Å²) in [7, 11) is 0. The van der Waals surface area contributed by atoms with Gasteiger partial charge in [0.05, 0.1) is 5.92 Å². The van der Waals surface area contributed by atoms with Crippen LogP contribution in [0.25, 0.3) is 0 Å². The normalized spacial score (nSPS) is 23.6. The van der Waals surface area contributed by atoms with E-state index in [1.165, 1.54) is 24.3 Å². The van der Waals surface area contributed by atoms with Crippen molar-refractivity contribution in [2.75, 3.05) is 0 Å². The van der Waals surface area contributed by atoms with Gasteiger partial charge in [0.2, 0.25) is 0 Å². The number of aliphatic carboxylic acids is 1. The number of halogens is 1. The number of ketones is 1. The van der Waals surface area contributed by atoms with Crippen LogP contribution >= 0.6 is 0 Å². The van der Waals surface area contributed by atoms with Crippen LogP contribution in [-0.4, -0.2) is 16.9 Å². The number of rotatable bonds is 3. The predicted octanol–water partition coefficient (Wildman–Crippen LogP) is 2.90. The highest BCUT2D eigenvalue weighted by atomic mass is 19.1. The third kappa shape index (κ3) is 2.58. The molecule has 18 heavy (non-hydrogen) atoms. The number of carbonyl (C=O) groups is 2. The standard InChI is InChI=1S/C14H15FO3/c15-10-7-5-9(6-8-10)13(16)11-3-1-2-4-12(11)14(17)18/h5-8,11-12H,1-4H2,(H,17,18)/t11-,12+/m0/s1. The molecular weight excluding hydrogens is 235 g/mol. The lowest BCUT2D eigenvalue weighted by molar-refractivity contribution is -0.144. The van der Waals surface area contributed by atoms with Crippen molar-refractivity contribution in [1.82, 2.24) is 0 Å². The quantitative estimate of drug-likeness (QED) is 0.839. The first-order chi connectivity index (χ1) is 8.59. The van der Waals surface area contributed by atoms with Crippen LogP contribution < -0.4 is 0 Å². The van der Waals surface area contributed by atoms with E-state index in [9.17, 15) is 14.0 Å². The van der Waals surface area contributed by atoms with E-state index in [1.807, 2.05) is 0 Å². The molecule has 1 aliphatic carbocycles. The molecule has 0 unspecified atom stereocenters. The molecule has 0 radical (unpaired) electrons. The van der Waals surface area contributed by atoms with E-state index in [0.717, 1.165) is 12.8 Å². The summed E-state index contributed by atoms with van der Waals surface area (Å²) in [5, 5.41) is 9.14. The number of carboxylic acid groups (broad SMARTS) is 1. The number of hydrogen-bond acceptors (Lipinski definition) is 2. The van der Waals surface area contributed by atoms with E-state index >= 15 is 0 Å². The molecule has 1 N–H and O–H groups in total. The molecule has 96 valence electrons. The van der Waals surface area contributed by atoms with Crippen LogP contribution in [0, 0.1) is 17.7 Å². The lowest BCUT2D eigenvalue weighted by Crippen LogP contribution is -2.32. The molecule has 4 heteroatoms. The minimum atomic E-state index is -0.907. The SMILES string of the molecule is O=C(c1ccc(F)cc1)[C@H]1CCCC[C@H]1C(=O)O. The Balaban J connectivity index is 2.20. The van der Waals surface area contributed by atoms with Gasteiger partial charge in [0.25, 0.3) is 0 Å². The Labute approximate surface area is 105 Å². The number of Topliss-reactive ketones (excluding diaryl/α,β-unsaturated/α-hetero) is 1. The zero-order valence-corrected chi connectivity index (χ0v) is 9.93. The lowest BCUT2D eigenvalue weighted by Gasteiger charge is -2.27. The van der Waals surface area contributed by atoms with Crippen LogP contribution in [0.2, 0.25) is 0 Å². The molecule has 1 saturated carbocycles. The Morgan fingerprint density at radius 1 is 1.06 bits per heavy atom. The number of hydrogen-bond donors (Lipinski definition) is 1. The zero-order valence-electron chi connectivity index (χ0n) is 9.93. The Bertz CT molecular complexity index is 453. The van der Waals surface area contributed by atoms with Crippen LogP contribution in [-0.2, 0) is 4.79 Å². The average Bonchev–Trinajstić information content (AvgIpc) is 2.39. The lowest BCUT2D eigenvalue weighted by atomic mass is 9.75. The molecule has 0 amide bonds. The second-order valence-electron chi connectivity index (χ2n) is 4.71. The maximum Gasteiger partial charge on any atom is 0.307 e. The third-order valence-corrected chi connectivity index (χ3v) is 3.55. The summed E-state index contributed by atoms with van der Waals surface area (Å²) >= 11 is 0. The molecular formula is C14H15FO3. The van der Waals surface area contributed by atoms with Crippen molar-refractivity contribution in [1.29, 1.82) is 0 Å². The van der Waals surface area contributed by atoms with E-state index in [4.69, 9.17) is 5.11 Å². The fourth-order valence-corrected chi connectivity index (χ4v) is 2.57. The van der Waals surface area contributed by atoms with Gasteiger partial charge in [-0.3, -0.25) is 9.59 Å². The van der Waals surface area contributed by atoms with Gasteiger partial charge in [-0.2, -0.15) is 0 Å². The summed E-state index contributed by atoms with van der Waals surface area (Å²) < 4.78 is 12.8. The van der Waals surface area contributed by atoms with Crippen molar-refractivity contribution in [3.8, 4) is 0 Å². The third-order valence-electron chi connectivity index (χ3n) is 3.55. The number of carboxylic acids is 1. The molecule has 0 aromatic heterocycles.